The van der Waals surface area contributed by atoms with Crippen LogP contribution in [0.3, 0.4) is 0 Å². The Labute approximate surface area is 213 Å². The number of carboxylic acid groups (broad SMARTS) is 1. The van der Waals surface area contributed by atoms with Crippen LogP contribution in [0.15, 0.2) is 36.7 Å². The van der Waals surface area contributed by atoms with Gasteiger partial charge >= 0.3 is 0 Å². The number of aromatic amines is 1. The summed E-state index contributed by atoms with van der Waals surface area (Å²) >= 11 is 0. The highest BCUT2D eigenvalue weighted by atomic mass is 16.7. The Morgan fingerprint density at radius 2 is 1.84 bits per heavy atom. The standard InChI is InChI=1S/C25H28N2O6.C2H4O2/c1-13-18-11-27(3)7-6-16(18)14(2)22-21(13)17-10-15(4-5-19(17)26-22)31-8-9-32-25-24(30)23(29)20(28)12-33-25;1-2(3)4/h4-7,10-11,20,23-25,28-30H,8-9,12H2,1-3H3;1H3,(H,3,4)/t20-,23-,24+,25+;/m0./s1. The summed E-state index contributed by atoms with van der Waals surface area (Å²) < 4.78 is 18.7. The van der Waals surface area contributed by atoms with Gasteiger partial charge in [-0.1, -0.05) is 0 Å². The molecule has 2 aromatic carbocycles. The predicted molar refractivity (Wildman–Crippen MR) is 134 cm³/mol. The number of benzene rings is 2. The fourth-order valence-electron chi connectivity index (χ4n) is 4.67. The maximum absolute atomic E-state index is 9.95. The molecule has 4 atom stereocenters. The lowest BCUT2D eigenvalue weighted by atomic mass is 9.97. The maximum atomic E-state index is 9.95. The molecule has 1 fully saturated rings. The lowest BCUT2D eigenvalue weighted by Crippen LogP contribution is -2.53. The summed E-state index contributed by atoms with van der Waals surface area (Å²) in [6.45, 7) is 5.59. The summed E-state index contributed by atoms with van der Waals surface area (Å²) in [5.41, 5.74) is 4.62. The normalized spacial score (nSPS) is 21.7. The SMILES string of the molecule is CC(=O)[O-].Cc1c2cc[n+](C)cc2c(C)c2c1[nH]c1ccc(OCCO[C@@H]3OC[C@H](O)[C@H](O)[C@H]3O)cc12. The largest absolute Gasteiger partial charge is 0.550 e. The highest BCUT2D eigenvalue weighted by Gasteiger charge is 2.38. The molecule has 2 aromatic heterocycles. The average molecular weight is 513 g/mol. The highest BCUT2D eigenvalue weighted by Crippen LogP contribution is 2.37. The molecular formula is C27H32N2O8. The quantitative estimate of drug-likeness (QED) is 0.223. The minimum Gasteiger partial charge on any atom is -0.550 e. The van der Waals surface area contributed by atoms with Crippen molar-refractivity contribution >= 4 is 38.5 Å². The molecule has 0 bridgehead atoms. The number of H-pyrrole nitrogens is 1. The predicted octanol–water partition coefficient (Wildman–Crippen LogP) is 0.506. The number of carbonyl (C=O) groups excluding carboxylic acids is 1. The first-order chi connectivity index (χ1) is 17.6. The number of nitrogens with zero attached hydrogens (tertiary/aromatic N) is 1. The number of hydrogen-bond acceptors (Lipinski definition) is 8. The van der Waals surface area contributed by atoms with E-state index >= 15 is 0 Å². The van der Waals surface area contributed by atoms with Gasteiger partial charge in [-0.25, -0.2) is 4.57 Å². The Kier molecular flexibility index (Phi) is 7.96. The number of aliphatic carboxylic acids is 1. The summed E-state index contributed by atoms with van der Waals surface area (Å²) in [6.07, 6.45) is -0.491. The van der Waals surface area contributed by atoms with Gasteiger partial charge in [-0.15, -0.1) is 0 Å². The number of aromatic nitrogens is 2. The number of rotatable bonds is 5. The van der Waals surface area contributed by atoms with Crippen molar-refractivity contribution in [2.24, 2.45) is 7.05 Å². The van der Waals surface area contributed by atoms with Crippen molar-refractivity contribution in [3.8, 4) is 5.75 Å². The highest BCUT2D eigenvalue weighted by molar-refractivity contribution is 6.16. The Hall–Kier alpha value is -3.28. The molecule has 0 saturated carbocycles. The van der Waals surface area contributed by atoms with Crippen molar-refractivity contribution in [1.82, 2.24) is 4.98 Å². The molecule has 0 spiro atoms. The van der Waals surface area contributed by atoms with E-state index in [1.165, 1.54) is 27.3 Å². The van der Waals surface area contributed by atoms with E-state index in [0.717, 1.165) is 23.3 Å². The van der Waals surface area contributed by atoms with Gasteiger partial charge in [0.15, 0.2) is 18.7 Å². The summed E-state index contributed by atoms with van der Waals surface area (Å²) in [6, 6.07) is 8.11. The van der Waals surface area contributed by atoms with Crippen LogP contribution in [0.2, 0.25) is 0 Å². The number of aryl methyl sites for hydroxylation is 3. The van der Waals surface area contributed by atoms with Gasteiger partial charge in [-0.3, -0.25) is 0 Å². The lowest BCUT2D eigenvalue weighted by Gasteiger charge is -2.34. The van der Waals surface area contributed by atoms with Crippen molar-refractivity contribution in [2.75, 3.05) is 19.8 Å². The monoisotopic (exact) mass is 512 g/mol. The summed E-state index contributed by atoms with van der Waals surface area (Å²) in [5.74, 6) is -0.372. The number of aliphatic hydroxyl groups excluding tert-OH is 3. The first-order valence-corrected chi connectivity index (χ1v) is 12.0. The second kappa shape index (κ2) is 11.0. The number of carboxylic acids is 1. The van der Waals surface area contributed by atoms with E-state index in [0.29, 0.717) is 5.75 Å². The fourth-order valence-corrected chi connectivity index (χ4v) is 4.67. The van der Waals surface area contributed by atoms with Crippen LogP contribution in [-0.2, 0) is 21.3 Å². The Balaban J connectivity index is 0.000000747. The van der Waals surface area contributed by atoms with Gasteiger partial charge in [-0.05, 0) is 55.5 Å². The molecule has 37 heavy (non-hydrogen) atoms. The first kappa shape index (κ1) is 26.8. The van der Waals surface area contributed by atoms with Crippen molar-refractivity contribution in [3.63, 3.8) is 0 Å². The zero-order valence-corrected chi connectivity index (χ0v) is 21.2. The molecule has 1 saturated heterocycles. The van der Waals surface area contributed by atoms with Crippen LogP contribution < -0.4 is 14.4 Å². The van der Waals surface area contributed by atoms with Gasteiger partial charge < -0.3 is 44.4 Å². The molecule has 5 rings (SSSR count). The Morgan fingerprint density at radius 3 is 2.57 bits per heavy atom. The zero-order valence-electron chi connectivity index (χ0n) is 21.2. The second-order valence-corrected chi connectivity index (χ2v) is 9.23. The molecule has 10 heteroatoms. The van der Waals surface area contributed by atoms with Gasteiger partial charge in [0, 0.05) is 33.7 Å². The molecule has 0 radical (unpaired) electrons. The number of hydrogen-bond donors (Lipinski definition) is 4. The van der Waals surface area contributed by atoms with Crippen LogP contribution in [0, 0.1) is 13.8 Å². The number of nitrogens with one attached hydrogen (secondary N) is 1. The van der Waals surface area contributed by atoms with Crippen LogP contribution in [0.1, 0.15) is 18.1 Å². The molecule has 0 amide bonds. The molecule has 4 N–H and O–H groups in total. The van der Waals surface area contributed by atoms with Gasteiger partial charge in [0.05, 0.1) is 18.7 Å². The van der Waals surface area contributed by atoms with E-state index in [4.69, 9.17) is 24.1 Å². The topological polar surface area (TPSA) is 148 Å². The molecule has 1 aliphatic rings. The Bertz CT molecular complexity index is 1430. The van der Waals surface area contributed by atoms with Crippen LogP contribution in [0.5, 0.6) is 5.75 Å². The molecule has 0 unspecified atom stereocenters. The van der Waals surface area contributed by atoms with E-state index < -0.39 is 30.6 Å². The lowest BCUT2D eigenvalue weighted by molar-refractivity contribution is -0.670. The number of pyridine rings is 1. The minimum atomic E-state index is -1.31. The van der Waals surface area contributed by atoms with Gasteiger partial charge in [0.2, 0.25) is 0 Å². The van der Waals surface area contributed by atoms with Crippen molar-refractivity contribution in [3.05, 3.63) is 47.8 Å². The molecule has 1 aliphatic heterocycles. The van der Waals surface area contributed by atoms with Crippen LogP contribution in [0.25, 0.3) is 32.6 Å². The van der Waals surface area contributed by atoms with Crippen molar-refractivity contribution in [1.29, 1.82) is 0 Å². The van der Waals surface area contributed by atoms with E-state index in [1.807, 2.05) is 25.2 Å². The van der Waals surface area contributed by atoms with Crippen LogP contribution in [-0.4, -0.2) is 70.7 Å². The molecule has 198 valence electrons. The average Bonchev–Trinajstić information content (AvgIpc) is 3.24. The molecule has 10 nitrogen and oxygen atoms in total. The van der Waals surface area contributed by atoms with E-state index in [2.05, 4.69) is 41.9 Å². The van der Waals surface area contributed by atoms with E-state index in [-0.39, 0.29) is 19.8 Å². The fraction of sp³-hybridized carbons (Fsp3) is 0.407. The second-order valence-electron chi connectivity index (χ2n) is 9.23. The number of fused-ring (bicyclic) bond motifs is 4. The third-order valence-corrected chi connectivity index (χ3v) is 6.52. The van der Waals surface area contributed by atoms with Crippen LogP contribution >= 0.6 is 0 Å². The van der Waals surface area contributed by atoms with Gasteiger partial charge in [0.25, 0.3) is 0 Å². The van der Waals surface area contributed by atoms with Gasteiger partial charge in [-0.2, -0.15) is 0 Å². The minimum absolute atomic E-state index is 0.0908. The zero-order chi connectivity index (χ0) is 26.9. The maximum Gasteiger partial charge on any atom is 0.186 e. The number of ether oxygens (including phenoxy) is 3. The van der Waals surface area contributed by atoms with E-state index in [9.17, 15) is 15.3 Å². The van der Waals surface area contributed by atoms with Gasteiger partial charge in [0.1, 0.15) is 37.7 Å². The summed E-state index contributed by atoms with van der Waals surface area (Å²) in [7, 11) is 2.03. The molecular weight excluding hydrogens is 480 g/mol. The van der Waals surface area contributed by atoms with E-state index in [1.54, 1.807) is 0 Å². The van der Waals surface area contributed by atoms with Crippen molar-refractivity contribution in [2.45, 2.75) is 45.4 Å². The third kappa shape index (κ3) is 5.53. The smallest absolute Gasteiger partial charge is 0.186 e. The summed E-state index contributed by atoms with van der Waals surface area (Å²) in [4.78, 5) is 12.5. The molecule has 4 aromatic rings. The number of carbonyl (C=O) groups is 1. The van der Waals surface area contributed by atoms with Crippen molar-refractivity contribution < 1.29 is 44.0 Å². The molecule has 3 heterocycles. The Morgan fingerprint density at radius 1 is 1.11 bits per heavy atom. The number of aliphatic hydroxyl groups is 3. The van der Waals surface area contributed by atoms with Crippen LogP contribution in [0.4, 0.5) is 0 Å². The molecule has 0 aliphatic carbocycles. The summed E-state index contributed by atoms with van der Waals surface area (Å²) in [5, 5.41) is 42.9. The third-order valence-electron chi connectivity index (χ3n) is 6.52. The first-order valence-electron chi connectivity index (χ1n) is 12.0.